The third-order valence-electron chi connectivity index (χ3n) is 5.57. The lowest BCUT2D eigenvalue weighted by molar-refractivity contribution is -0.121. The summed E-state index contributed by atoms with van der Waals surface area (Å²) >= 11 is 0. The minimum atomic E-state index is -0.0574. The summed E-state index contributed by atoms with van der Waals surface area (Å²) in [4.78, 5) is 26.7. The van der Waals surface area contributed by atoms with Crippen LogP contribution in [0.5, 0.6) is 0 Å². The summed E-state index contributed by atoms with van der Waals surface area (Å²) in [6, 6.07) is 5.56. The zero-order valence-corrected chi connectivity index (χ0v) is 16.3. The molecule has 1 atom stereocenters. The molecule has 0 radical (unpaired) electrons. The van der Waals surface area contributed by atoms with E-state index in [1.165, 1.54) is 0 Å². The van der Waals surface area contributed by atoms with Crippen molar-refractivity contribution in [2.24, 2.45) is 5.92 Å². The molecule has 1 unspecified atom stereocenters. The first-order valence-corrected chi connectivity index (χ1v) is 10.2. The van der Waals surface area contributed by atoms with E-state index in [1.54, 1.807) is 6.07 Å². The maximum atomic E-state index is 12.7. The molecule has 7 heteroatoms. The summed E-state index contributed by atoms with van der Waals surface area (Å²) in [7, 11) is 0. The number of carbonyl (C=O) groups is 2. The van der Waals surface area contributed by atoms with E-state index in [9.17, 15) is 9.59 Å². The topological polar surface area (TPSA) is 88.6 Å². The maximum Gasteiger partial charge on any atom is 0.276 e. The number of hydrogen-bond donors (Lipinski definition) is 1. The third-order valence-corrected chi connectivity index (χ3v) is 5.57. The summed E-state index contributed by atoms with van der Waals surface area (Å²) in [5.41, 5.74) is 0.411. The van der Waals surface area contributed by atoms with E-state index in [2.05, 4.69) is 10.5 Å². The summed E-state index contributed by atoms with van der Waals surface area (Å²) in [5.74, 6) is 3.18. The Bertz CT molecular complexity index is 836. The molecule has 0 aromatic carbocycles. The molecule has 150 valence electrons. The molecule has 1 aliphatic heterocycles. The molecule has 2 amide bonds. The number of aryl methyl sites for hydroxylation is 1. The number of amides is 2. The van der Waals surface area contributed by atoms with Gasteiger partial charge < -0.3 is 19.2 Å². The lowest BCUT2D eigenvalue weighted by Crippen LogP contribution is -2.40. The van der Waals surface area contributed by atoms with Crippen LogP contribution in [0.2, 0.25) is 0 Å². The van der Waals surface area contributed by atoms with E-state index in [1.807, 2.05) is 24.0 Å². The van der Waals surface area contributed by atoms with E-state index in [0.29, 0.717) is 37.0 Å². The van der Waals surface area contributed by atoms with Crippen molar-refractivity contribution in [2.45, 2.75) is 57.9 Å². The normalized spacial score (nSPS) is 19.6. The van der Waals surface area contributed by atoms with Crippen molar-refractivity contribution in [1.29, 1.82) is 0 Å². The van der Waals surface area contributed by atoms with Crippen molar-refractivity contribution in [1.82, 2.24) is 15.4 Å². The number of nitrogens with one attached hydrogen (secondary N) is 1. The molecule has 1 saturated carbocycles. The van der Waals surface area contributed by atoms with Gasteiger partial charge in [0.25, 0.3) is 5.91 Å². The van der Waals surface area contributed by atoms with Gasteiger partial charge in [0.05, 0.1) is 6.54 Å². The smallest absolute Gasteiger partial charge is 0.276 e. The second-order valence-corrected chi connectivity index (χ2v) is 7.98. The fourth-order valence-corrected chi connectivity index (χ4v) is 3.79. The number of rotatable bonds is 7. The van der Waals surface area contributed by atoms with Crippen LogP contribution in [0, 0.1) is 12.8 Å². The van der Waals surface area contributed by atoms with Crippen LogP contribution in [0.15, 0.2) is 27.1 Å². The standard InChI is InChI=1S/C21H27N3O4/c1-14-4-8-17(27-14)12-22-20(25)9-5-15-3-2-10-24(13-15)21(26)18-11-19(28-23-18)16-6-7-16/h4,8,11,15-16H,2-3,5-7,9-10,12-13H2,1H3,(H,22,25). The molecule has 0 spiro atoms. The van der Waals surface area contributed by atoms with E-state index in [0.717, 1.165) is 55.9 Å². The first kappa shape index (κ1) is 18.8. The first-order chi connectivity index (χ1) is 13.6. The SMILES string of the molecule is Cc1ccc(CNC(=O)CCC2CCCN(C(=O)c3cc(C4CC4)on3)C2)o1. The van der Waals surface area contributed by atoms with E-state index >= 15 is 0 Å². The Hall–Kier alpha value is -2.57. The molecule has 3 heterocycles. The molecule has 28 heavy (non-hydrogen) atoms. The monoisotopic (exact) mass is 385 g/mol. The van der Waals surface area contributed by atoms with Crippen LogP contribution in [0.1, 0.15) is 72.2 Å². The highest BCUT2D eigenvalue weighted by Crippen LogP contribution is 2.40. The lowest BCUT2D eigenvalue weighted by Gasteiger charge is -2.32. The van der Waals surface area contributed by atoms with Crippen LogP contribution in [-0.4, -0.2) is 35.0 Å². The van der Waals surface area contributed by atoms with Gasteiger partial charge in [-0.3, -0.25) is 9.59 Å². The second-order valence-electron chi connectivity index (χ2n) is 7.98. The summed E-state index contributed by atoms with van der Waals surface area (Å²) in [6.07, 6.45) is 5.48. The molecule has 2 aromatic rings. The Morgan fingerprint density at radius 1 is 1.29 bits per heavy atom. The predicted octanol–water partition coefficient (Wildman–Crippen LogP) is 3.40. The summed E-state index contributed by atoms with van der Waals surface area (Å²) in [5, 5.41) is 6.86. The van der Waals surface area contributed by atoms with Crippen molar-refractivity contribution >= 4 is 11.8 Å². The average Bonchev–Trinajstić information content (AvgIpc) is 3.29. The third kappa shape index (κ3) is 4.64. The number of nitrogens with zero attached hydrogens (tertiary/aromatic N) is 2. The van der Waals surface area contributed by atoms with Gasteiger partial charge in [-0.15, -0.1) is 0 Å². The first-order valence-electron chi connectivity index (χ1n) is 10.2. The molecule has 0 bridgehead atoms. The number of likely N-dealkylation sites (tertiary alicyclic amines) is 1. The number of hydrogen-bond acceptors (Lipinski definition) is 5. The molecule has 1 N–H and O–H groups in total. The fraction of sp³-hybridized carbons (Fsp3) is 0.571. The van der Waals surface area contributed by atoms with E-state index in [4.69, 9.17) is 8.94 Å². The minimum absolute atomic E-state index is 0.0167. The van der Waals surface area contributed by atoms with Crippen molar-refractivity contribution < 1.29 is 18.5 Å². The zero-order chi connectivity index (χ0) is 19.5. The summed E-state index contributed by atoms with van der Waals surface area (Å²) < 4.78 is 10.8. The Balaban J connectivity index is 1.22. The fourth-order valence-electron chi connectivity index (χ4n) is 3.79. The van der Waals surface area contributed by atoms with Gasteiger partial charge in [-0.1, -0.05) is 5.16 Å². The quantitative estimate of drug-likeness (QED) is 0.789. The van der Waals surface area contributed by atoms with E-state index in [-0.39, 0.29) is 11.8 Å². The van der Waals surface area contributed by atoms with E-state index < -0.39 is 0 Å². The lowest BCUT2D eigenvalue weighted by atomic mass is 9.93. The molecule has 1 saturated heterocycles. The molecule has 2 aliphatic rings. The Morgan fingerprint density at radius 2 is 2.14 bits per heavy atom. The van der Waals surface area contributed by atoms with Crippen molar-refractivity contribution in [3.63, 3.8) is 0 Å². The van der Waals surface area contributed by atoms with Crippen LogP contribution in [0.3, 0.4) is 0 Å². The molecule has 2 aromatic heterocycles. The zero-order valence-electron chi connectivity index (χ0n) is 16.3. The van der Waals surface area contributed by atoms with Crippen LogP contribution < -0.4 is 5.32 Å². The Kier molecular flexibility index (Phi) is 5.50. The Labute approximate surface area is 164 Å². The van der Waals surface area contributed by atoms with Gasteiger partial charge in [-0.25, -0.2) is 0 Å². The van der Waals surface area contributed by atoms with Gasteiger partial charge in [0.2, 0.25) is 5.91 Å². The van der Waals surface area contributed by atoms with Gasteiger partial charge in [-0.2, -0.15) is 0 Å². The Morgan fingerprint density at radius 3 is 2.89 bits per heavy atom. The number of piperidine rings is 1. The molecule has 2 fully saturated rings. The van der Waals surface area contributed by atoms with Crippen molar-refractivity contribution in [2.75, 3.05) is 13.1 Å². The molecule has 7 nitrogen and oxygen atoms in total. The molecular formula is C21H27N3O4. The second kappa shape index (κ2) is 8.20. The average molecular weight is 385 g/mol. The van der Waals surface area contributed by atoms with Crippen LogP contribution in [0.25, 0.3) is 0 Å². The van der Waals surface area contributed by atoms with Crippen molar-refractivity contribution in [3.05, 3.63) is 41.2 Å². The highest BCUT2D eigenvalue weighted by Gasteiger charge is 2.31. The van der Waals surface area contributed by atoms with Gasteiger partial charge in [-0.05, 0) is 57.1 Å². The summed E-state index contributed by atoms with van der Waals surface area (Å²) in [6.45, 7) is 3.71. The predicted molar refractivity (Wildman–Crippen MR) is 102 cm³/mol. The molecule has 1 aliphatic carbocycles. The highest BCUT2D eigenvalue weighted by molar-refractivity contribution is 5.92. The van der Waals surface area contributed by atoms with Gasteiger partial charge in [0, 0.05) is 31.5 Å². The maximum absolute atomic E-state index is 12.7. The molecular weight excluding hydrogens is 358 g/mol. The highest BCUT2D eigenvalue weighted by atomic mass is 16.5. The number of aromatic nitrogens is 1. The largest absolute Gasteiger partial charge is 0.465 e. The van der Waals surface area contributed by atoms with Gasteiger partial charge >= 0.3 is 0 Å². The number of carbonyl (C=O) groups excluding carboxylic acids is 2. The number of furan rings is 1. The van der Waals surface area contributed by atoms with Crippen LogP contribution >= 0.6 is 0 Å². The molecule has 4 rings (SSSR count). The van der Waals surface area contributed by atoms with Crippen LogP contribution in [0.4, 0.5) is 0 Å². The van der Waals surface area contributed by atoms with Gasteiger partial charge in [0.1, 0.15) is 17.3 Å². The minimum Gasteiger partial charge on any atom is -0.465 e. The van der Waals surface area contributed by atoms with Gasteiger partial charge in [0.15, 0.2) is 5.69 Å². The van der Waals surface area contributed by atoms with Crippen molar-refractivity contribution in [3.8, 4) is 0 Å². The van der Waals surface area contributed by atoms with Crippen LogP contribution in [-0.2, 0) is 11.3 Å².